The predicted octanol–water partition coefficient (Wildman–Crippen LogP) is 4.15. The molecule has 16 heavy (non-hydrogen) atoms. The Hall–Kier alpha value is -1.41. The largest absolute Gasteiger partial charge is 0.298 e. The molecule has 0 atom stereocenters. The van der Waals surface area contributed by atoms with E-state index in [1.807, 2.05) is 29.5 Å². The van der Waals surface area contributed by atoms with Crippen molar-refractivity contribution in [3.05, 3.63) is 45.1 Å². The highest BCUT2D eigenvalue weighted by molar-refractivity contribution is 7.12. The van der Waals surface area contributed by atoms with Gasteiger partial charge in [-0.1, -0.05) is 18.2 Å². The summed E-state index contributed by atoms with van der Waals surface area (Å²) < 4.78 is 0. The molecule has 1 heterocycles. The van der Waals surface area contributed by atoms with Crippen LogP contribution >= 0.6 is 11.3 Å². The van der Waals surface area contributed by atoms with E-state index in [9.17, 15) is 4.79 Å². The summed E-state index contributed by atoms with van der Waals surface area (Å²) >= 11 is 1.82. The van der Waals surface area contributed by atoms with Gasteiger partial charge in [-0.15, -0.1) is 11.3 Å². The highest BCUT2D eigenvalue weighted by Gasteiger charge is 2.11. The molecule has 0 saturated heterocycles. The van der Waals surface area contributed by atoms with Gasteiger partial charge in [-0.05, 0) is 43.5 Å². The van der Waals surface area contributed by atoms with Gasteiger partial charge in [0.25, 0.3) is 0 Å². The molecule has 0 saturated carbocycles. The van der Waals surface area contributed by atoms with Crippen molar-refractivity contribution >= 4 is 17.6 Å². The zero-order valence-electron chi connectivity index (χ0n) is 9.70. The van der Waals surface area contributed by atoms with Gasteiger partial charge >= 0.3 is 0 Å². The SMILES string of the molecule is Cc1sc(C)c(-c2cccc(C=O)c2)c1C. The smallest absolute Gasteiger partial charge is 0.150 e. The van der Waals surface area contributed by atoms with Gasteiger partial charge in [0.1, 0.15) is 6.29 Å². The first-order chi connectivity index (χ1) is 7.63. The Kier molecular flexibility index (Phi) is 2.92. The van der Waals surface area contributed by atoms with Gasteiger partial charge in [-0.3, -0.25) is 4.79 Å². The highest BCUT2D eigenvalue weighted by Crippen LogP contribution is 2.35. The number of hydrogen-bond donors (Lipinski definition) is 0. The van der Waals surface area contributed by atoms with Crippen molar-refractivity contribution in [2.45, 2.75) is 20.8 Å². The molecule has 0 aliphatic carbocycles. The second-order valence-electron chi connectivity index (χ2n) is 3.96. The molecule has 1 aromatic carbocycles. The van der Waals surface area contributed by atoms with Crippen LogP contribution in [0.3, 0.4) is 0 Å². The van der Waals surface area contributed by atoms with Crippen LogP contribution in [0.25, 0.3) is 11.1 Å². The third-order valence-electron chi connectivity index (χ3n) is 2.87. The minimum absolute atomic E-state index is 0.736. The zero-order chi connectivity index (χ0) is 11.7. The third kappa shape index (κ3) is 1.81. The van der Waals surface area contributed by atoms with E-state index in [2.05, 4.69) is 26.8 Å². The van der Waals surface area contributed by atoms with E-state index in [1.54, 1.807) is 0 Å². The van der Waals surface area contributed by atoms with Gasteiger partial charge in [0.05, 0.1) is 0 Å². The maximum Gasteiger partial charge on any atom is 0.150 e. The number of hydrogen-bond acceptors (Lipinski definition) is 2. The van der Waals surface area contributed by atoms with Crippen LogP contribution in [0.5, 0.6) is 0 Å². The normalized spacial score (nSPS) is 10.4. The molecule has 0 amide bonds. The van der Waals surface area contributed by atoms with Crippen molar-refractivity contribution in [1.82, 2.24) is 0 Å². The average Bonchev–Trinajstić information content (AvgIpc) is 2.53. The molecule has 0 unspecified atom stereocenters. The van der Waals surface area contributed by atoms with Crippen LogP contribution < -0.4 is 0 Å². The van der Waals surface area contributed by atoms with Crippen molar-refractivity contribution in [2.24, 2.45) is 0 Å². The highest BCUT2D eigenvalue weighted by atomic mass is 32.1. The number of benzene rings is 1. The first kappa shape index (κ1) is 11.1. The minimum atomic E-state index is 0.736. The number of carbonyl (C=O) groups excluding carboxylic acids is 1. The molecule has 2 rings (SSSR count). The molecule has 0 aliphatic heterocycles. The number of thiophene rings is 1. The summed E-state index contributed by atoms with van der Waals surface area (Å²) in [4.78, 5) is 13.4. The summed E-state index contributed by atoms with van der Waals surface area (Å²) in [6.45, 7) is 6.41. The Labute approximate surface area is 99.8 Å². The Morgan fingerprint density at radius 1 is 1.12 bits per heavy atom. The second kappa shape index (κ2) is 4.22. The lowest BCUT2D eigenvalue weighted by atomic mass is 10.00. The van der Waals surface area contributed by atoms with E-state index < -0.39 is 0 Å². The van der Waals surface area contributed by atoms with Crippen LogP contribution in [-0.2, 0) is 0 Å². The molecule has 0 fully saturated rings. The number of aryl methyl sites for hydroxylation is 2. The topological polar surface area (TPSA) is 17.1 Å². The molecule has 0 bridgehead atoms. The molecule has 2 heteroatoms. The van der Waals surface area contributed by atoms with Crippen LogP contribution in [-0.4, -0.2) is 6.29 Å². The maximum absolute atomic E-state index is 10.8. The fourth-order valence-corrected chi connectivity index (χ4v) is 3.07. The summed E-state index contributed by atoms with van der Waals surface area (Å²) in [6, 6.07) is 7.79. The second-order valence-corrected chi connectivity index (χ2v) is 5.39. The van der Waals surface area contributed by atoms with E-state index in [1.165, 1.54) is 20.9 Å². The molecule has 1 aromatic heterocycles. The summed E-state index contributed by atoms with van der Waals surface area (Å²) in [5.74, 6) is 0. The van der Waals surface area contributed by atoms with Crippen molar-refractivity contribution in [1.29, 1.82) is 0 Å². The van der Waals surface area contributed by atoms with Gasteiger partial charge in [-0.2, -0.15) is 0 Å². The van der Waals surface area contributed by atoms with Crippen LogP contribution in [0.15, 0.2) is 24.3 Å². The Morgan fingerprint density at radius 2 is 1.88 bits per heavy atom. The average molecular weight is 230 g/mol. The summed E-state index contributed by atoms with van der Waals surface area (Å²) in [5, 5.41) is 0. The molecule has 82 valence electrons. The number of carbonyl (C=O) groups is 1. The molecule has 0 radical (unpaired) electrons. The van der Waals surface area contributed by atoms with E-state index in [4.69, 9.17) is 0 Å². The monoisotopic (exact) mass is 230 g/mol. The lowest BCUT2D eigenvalue weighted by molar-refractivity contribution is 0.112. The first-order valence-corrected chi connectivity index (χ1v) is 6.07. The first-order valence-electron chi connectivity index (χ1n) is 5.25. The van der Waals surface area contributed by atoms with Crippen LogP contribution in [0.1, 0.15) is 25.7 Å². The molecule has 2 aromatic rings. The van der Waals surface area contributed by atoms with E-state index in [-0.39, 0.29) is 0 Å². The lowest BCUT2D eigenvalue weighted by Gasteiger charge is -2.03. The Balaban J connectivity index is 2.62. The summed E-state index contributed by atoms with van der Waals surface area (Å²) in [7, 11) is 0. The molecule has 0 spiro atoms. The fourth-order valence-electron chi connectivity index (χ4n) is 1.98. The van der Waals surface area contributed by atoms with Gasteiger partial charge < -0.3 is 0 Å². The van der Waals surface area contributed by atoms with E-state index >= 15 is 0 Å². The zero-order valence-corrected chi connectivity index (χ0v) is 10.5. The third-order valence-corrected chi connectivity index (χ3v) is 4.00. The molecule has 1 nitrogen and oxygen atoms in total. The summed E-state index contributed by atoms with van der Waals surface area (Å²) in [5.41, 5.74) is 4.49. The predicted molar refractivity (Wildman–Crippen MR) is 69.4 cm³/mol. The van der Waals surface area contributed by atoms with Gasteiger partial charge in [0, 0.05) is 15.3 Å². The van der Waals surface area contributed by atoms with Crippen LogP contribution in [0.2, 0.25) is 0 Å². The minimum Gasteiger partial charge on any atom is -0.298 e. The van der Waals surface area contributed by atoms with E-state index in [0.717, 1.165) is 17.4 Å². The molecule has 0 N–H and O–H groups in total. The van der Waals surface area contributed by atoms with Gasteiger partial charge in [0.15, 0.2) is 0 Å². The van der Waals surface area contributed by atoms with Crippen molar-refractivity contribution < 1.29 is 4.79 Å². The molecular weight excluding hydrogens is 216 g/mol. The molecular formula is C14H14OS. The van der Waals surface area contributed by atoms with Crippen LogP contribution in [0.4, 0.5) is 0 Å². The van der Waals surface area contributed by atoms with Gasteiger partial charge in [-0.25, -0.2) is 0 Å². The number of aldehydes is 1. The Bertz CT molecular complexity index is 538. The van der Waals surface area contributed by atoms with E-state index in [0.29, 0.717) is 0 Å². The quantitative estimate of drug-likeness (QED) is 0.708. The van der Waals surface area contributed by atoms with Crippen molar-refractivity contribution in [3.8, 4) is 11.1 Å². The summed E-state index contributed by atoms with van der Waals surface area (Å²) in [6.07, 6.45) is 0.896. The van der Waals surface area contributed by atoms with Gasteiger partial charge in [0.2, 0.25) is 0 Å². The fraction of sp³-hybridized carbons (Fsp3) is 0.214. The maximum atomic E-state index is 10.8. The Morgan fingerprint density at radius 3 is 2.44 bits per heavy atom. The van der Waals surface area contributed by atoms with Crippen molar-refractivity contribution in [3.63, 3.8) is 0 Å². The standard InChI is InChI=1S/C14H14OS/c1-9-10(2)16-11(3)14(9)13-6-4-5-12(7-13)8-15/h4-8H,1-3H3. The molecule has 0 aliphatic rings. The number of rotatable bonds is 2. The lowest BCUT2D eigenvalue weighted by Crippen LogP contribution is -1.84. The van der Waals surface area contributed by atoms with Crippen LogP contribution in [0, 0.1) is 20.8 Å². The van der Waals surface area contributed by atoms with Crippen molar-refractivity contribution in [2.75, 3.05) is 0 Å².